The van der Waals surface area contributed by atoms with Gasteiger partial charge >= 0.3 is 0 Å². The number of hydrogen-bond acceptors (Lipinski definition) is 3. The first-order chi connectivity index (χ1) is 24.8. The molecular formula is C45H38IrN6-2. The van der Waals surface area contributed by atoms with E-state index in [0.717, 1.165) is 39.5 Å². The Morgan fingerprint density at radius 1 is 0.635 bits per heavy atom. The summed E-state index contributed by atoms with van der Waals surface area (Å²) in [5.74, 6) is 1.41. The van der Waals surface area contributed by atoms with Crippen molar-refractivity contribution in [2.75, 3.05) is 0 Å². The number of benzene rings is 5. The van der Waals surface area contributed by atoms with Gasteiger partial charge < -0.3 is 14.4 Å². The van der Waals surface area contributed by atoms with Crippen molar-refractivity contribution in [3.8, 4) is 39.9 Å². The molecule has 5 aromatic carbocycles. The van der Waals surface area contributed by atoms with E-state index in [1.807, 2.05) is 30.7 Å². The Labute approximate surface area is 317 Å². The van der Waals surface area contributed by atoms with Crippen LogP contribution < -0.4 is 4.98 Å². The minimum Gasteiger partial charge on any atom is -0.439 e. The van der Waals surface area contributed by atoms with E-state index >= 15 is 0 Å². The zero-order valence-corrected chi connectivity index (χ0v) is 32.5. The Bertz CT molecular complexity index is 2670. The van der Waals surface area contributed by atoms with Crippen molar-refractivity contribution in [3.05, 3.63) is 161 Å². The Hall–Kier alpha value is -5.62. The summed E-state index contributed by atoms with van der Waals surface area (Å²) in [5.41, 5.74) is 15.1. The molecule has 52 heavy (non-hydrogen) atoms. The fourth-order valence-electron chi connectivity index (χ4n) is 7.49. The molecule has 0 N–H and O–H groups in total. The Balaban J connectivity index is 0.000000159. The molecule has 0 bridgehead atoms. The largest absolute Gasteiger partial charge is 0.439 e. The Morgan fingerprint density at radius 3 is 1.94 bits per heavy atom. The molecular weight excluding hydrogens is 817 g/mol. The van der Waals surface area contributed by atoms with Crippen LogP contribution in [-0.4, -0.2) is 23.9 Å². The van der Waals surface area contributed by atoms with Crippen LogP contribution in [-0.2, 0) is 20.1 Å². The minimum atomic E-state index is 0. The number of nitrogens with zero attached hydrogens (tertiary/aromatic N) is 6. The normalized spacial score (nSPS) is 11.1. The number of rotatable bonds is 4. The van der Waals surface area contributed by atoms with Gasteiger partial charge in [0.25, 0.3) is 0 Å². The van der Waals surface area contributed by atoms with Gasteiger partial charge in [-0.25, -0.2) is 4.98 Å². The molecule has 4 aromatic heterocycles. The summed E-state index contributed by atoms with van der Waals surface area (Å²) in [7, 11) is 0. The number of hydrogen-bond donors (Lipinski definition) is 0. The van der Waals surface area contributed by atoms with E-state index in [4.69, 9.17) is 9.97 Å². The fourth-order valence-corrected chi connectivity index (χ4v) is 7.49. The Kier molecular flexibility index (Phi) is 9.50. The SMILES string of the molecule is Cc1cccc(C)c1-c1c[n-]c(-c2nccn2-c2c(C)cccc2C)n1.Cc1cccc(C)c1-c1cnc2c3[c-]cccc3c3ccccc3n12.[Ir]. The van der Waals surface area contributed by atoms with E-state index in [0.29, 0.717) is 5.82 Å². The molecule has 0 aliphatic rings. The molecule has 0 atom stereocenters. The van der Waals surface area contributed by atoms with Gasteiger partial charge in [0.2, 0.25) is 0 Å². The van der Waals surface area contributed by atoms with E-state index in [1.165, 1.54) is 55.2 Å². The number of fused-ring (bicyclic) bond motifs is 6. The molecule has 0 aliphatic heterocycles. The quantitative estimate of drug-likeness (QED) is 0.131. The maximum atomic E-state index is 4.80. The fraction of sp³-hybridized carbons (Fsp3) is 0.133. The first-order valence-corrected chi connectivity index (χ1v) is 17.2. The molecule has 9 aromatic rings. The number of aryl methyl sites for hydroxylation is 6. The maximum Gasteiger partial charge on any atom is 0.136 e. The molecule has 0 unspecified atom stereocenters. The van der Waals surface area contributed by atoms with E-state index in [9.17, 15) is 0 Å². The standard InChI is InChI=1S/C23H17N2.C22H21N4.Ir/c1-15-8-7-9-16(2)22(15)21-14-24-23-19-12-4-3-10-17(19)18-11-5-6-13-20(18)25(21)23;1-14-7-5-8-15(2)19(14)18-13-24-21(25-18)22-23-11-12-26(22)20-16(3)9-6-10-17(20)4;/h3-11,13-14H,1-2H3;5-13H,1-4H3;/q2*-1;. The zero-order valence-electron chi connectivity index (χ0n) is 30.1. The molecule has 0 saturated heterocycles. The molecule has 0 aliphatic carbocycles. The van der Waals surface area contributed by atoms with Crippen LogP contribution in [0.15, 0.2) is 122 Å². The summed E-state index contributed by atoms with van der Waals surface area (Å²) in [5, 5.41) is 3.50. The van der Waals surface area contributed by atoms with Crippen LogP contribution in [0.5, 0.6) is 0 Å². The van der Waals surface area contributed by atoms with E-state index in [-0.39, 0.29) is 20.1 Å². The smallest absolute Gasteiger partial charge is 0.136 e. The van der Waals surface area contributed by atoms with Gasteiger partial charge in [0.05, 0.1) is 17.0 Å². The van der Waals surface area contributed by atoms with Gasteiger partial charge in [-0.1, -0.05) is 84.4 Å². The monoisotopic (exact) mass is 855 g/mol. The molecule has 9 rings (SSSR count). The van der Waals surface area contributed by atoms with Crippen molar-refractivity contribution in [1.29, 1.82) is 0 Å². The predicted octanol–water partition coefficient (Wildman–Crippen LogP) is 10.5. The molecule has 0 saturated carbocycles. The van der Waals surface area contributed by atoms with Crippen LogP contribution in [0.25, 0.3) is 67.2 Å². The maximum absolute atomic E-state index is 4.80. The van der Waals surface area contributed by atoms with Crippen molar-refractivity contribution in [2.45, 2.75) is 41.5 Å². The molecule has 1 radical (unpaired) electrons. The average Bonchev–Trinajstić information content (AvgIpc) is 3.90. The second-order valence-corrected chi connectivity index (χ2v) is 13.3. The molecule has 4 heterocycles. The minimum absolute atomic E-state index is 0. The van der Waals surface area contributed by atoms with Gasteiger partial charge in [0.1, 0.15) is 5.82 Å². The second-order valence-electron chi connectivity index (χ2n) is 13.3. The number of aromatic nitrogens is 6. The molecule has 0 fully saturated rings. The third kappa shape index (κ3) is 5.96. The van der Waals surface area contributed by atoms with Crippen LogP contribution in [0.2, 0.25) is 0 Å². The van der Waals surface area contributed by atoms with Crippen LogP contribution in [0.1, 0.15) is 33.4 Å². The summed E-state index contributed by atoms with van der Waals surface area (Å²) in [6.07, 6.45) is 7.61. The van der Waals surface area contributed by atoms with E-state index in [1.54, 1.807) is 6.20 Å². The second kappa shape index (κ2) is 14.2. The molecule has 0 amide bonds. The van der Waals surface area contributed by atoms with Crippen LogP contribution >= 0.6 is 0 Å². The first kappa shape index (κ1) is 34.8. The summed E-state index contributed by atoms with van der Waals surface area (Å²) in [6, 6.07) is 37.1. The van der Waals surface area contributed by atoms with Crippen LogP contribution in [0.3, 0.4) is 0 Å². The molecule has 6 nitrogen and oxygen atoms in total. The van der Waals surface area contributed by atoms with E-state index < -0.39 is 0 Å². The number of para-hydroxylation sites is 2. The third-order valence-corrected chi connectivity index (χ3v) is 9.81. The van der Waals surface area contributed by atoms with E-state index in [2.05, 4.69) is 151 Å². The van der Waals surface area contributed by atoms with Gasteiger partial charge in [-0.2, -0.15) is 0 Å². The molecule has 7 heteroatoms. The van der Waals surface area contributed by atoms with Crippen LogP contribution in [0.4, 0.5) is 0 Å². The van der Waals surface area contributed by atoms with Gasteiger partial charge in [0, 0.05) is 49.8 Å². The number of pyridine rings is 1. The zero-order chi connectivity index (χ0) is 35.2. The van der Waals surface area contributed by atoms with Crippen molar-refractivity contribution in [2.24, 2.45) is 0 Å². The number of imidazole rings is 3. The van der Waals surface area contributed by atoms with Crippen molar-refractivity contribution in [3.63, 3.8) is 0 Å². The summed E-state index contributed by atoms with van der Waals surface area (Å²) >= 11 is 0. The van der Waals surface area contributed by atoms with Gasteiger partial charge in [-0.3, -0.25) is 9.55 Å². The van der Waals surface area contributed by atoms with Gasteiger partial charge in [-0.05, 0) is 103 Å². The van der Waals surface area contributed by atoms with Crippen molar-refractivity contribution < 1.29 is 20.1 Å². The van der Waals surface area contributed by atoms with Gasteiger partial charge in [-0.15, -0.1) is 29.7 Å². The summed E-state index contributed by atoms with van der Waals surface area (Å²) in [4.78, 5) is 18.7. The summed E-state index contributed by atoms with van der Waals surface area (Å²) in [6.45, 7) is 12.8. The van der Waals surface area contributed by atoms with Gasteiger partial charge in [0.15, 0.2) is 0 Å². The third-order valence-electron chi connectivity index (χ3n) is 9.81. The van der Waals surface area contributed by atoms with Crippen molar-refractivity contribution in [1.82, 2.24) is 28.9 Å². The summed E-state index contributed by atoms with van der Waals surface area (Å²) < 4.78 is 4.36. The topological polar surface area (TPSA) is 62.1 Å². The first-order valence-electron chi connectivity index (χ1n) is 17.2. The molecule has 259 valence electrons. The van der Waals surface area contributed by atoms with Crippen LogP contribution in [0, 0.1) is 47.6 Å². The average molecular weight is 855 g/mol. The Morgan fingerprint density at radius 2 is 1.25 bits per heavy atom. The molecule has 0 spiro atoms. The predicted molar refractivity (Wildman–Crippen MR) is 208 cm³/mol. The van der Waals surface area contributed by atoms with Crippen molar-refractivity contribution >= 4 is 27.3 Å².